The van der Waals surface area contributed by atoms with Crippen molar-refractivity contribution in [3.05, 3.63) is 30.1 Å². The molecule has 0 saturated carbocycles. The van der Waals surface area contributed by atoms with E-state index in [1.54, 1.807) is 4.90 Å². The number of carboxylic acids is 1. The van der Waals surface area contributed by atoms with Crippen molar-refractivity contribution < 1.29 is 27.5 Å². The quantitative estimate of drug-likeness (QED) is 0.716. The van der Waals surface area contributed by atoms with E-state index in [4.69, 9.17) is 0 Å². The van der Waals surface area contributed by atoms with Crippen molar-refractivity contribution in [3.63, 3.8) is 0 Å². The second kappa shape index (κ2) is 6.75. The molecule has 0 aliphatic carbocycles. The van der Waals surface area contributed by atoms with Gasteiger partial charge in [-0.25, -0.2) is 12.8 Å². The minimum atomic E-state index is -3.19. The van der Waals surface area contributed by atoms with Gasteiger partial charge in [0.2, 0.25) is 5.91 Å². The lowest BCUT2D eigenvalue weighted by atomic mass is 10.2. The molecule has 1 aromatic rings. The Hall–Kier alpha value is -1.94. The summed E-state index contributed by atoms with van der Waals surface area (Å²) < 4.78 is 37.0. The molecule has 0 aromatic heterocycles. The van der Waals surface area contributed by atoms with Crippen LogP contribution in [0.4, 0.5) is 10.1 Å². The monoisotopic (exact) mass is 385 g/mol. The summed E-state index contributed by atoms with van der Waals surface area (Å²) in [5, 5.41) is 10.5. The van der Waals surface area contributed by atoms with Crippen LogP contribution in [0.15, 0.2) is 29.3 Å². The van der Waals surface area contributed by atoms with Gasteiger partial charge in [-0.05, 0) is 30.7 Å². The van der Waals surface area contributed by atoms with Gasteiger partial charge in [0, 0.05) is 23.3 Å². The zero-order valence-electron chi connectivity index (χ0n) is 12.9. The smallest absolute Gasteiger partial charge is 0.248 e. The zero-order valence-corrected chi connectivity index (χ0v) is 14.6. The molecule has 1 aromatic carbocycles. The molecule has 0 spiro atoms. The third-order valence-corrected chi connectivity index (χ3v) is 7.14. The number of carbonyl (C=O) groups excluding carboxylic acids is 2. The molecule has 0 N–H and O–H groups in total. The standard InChI is InChI=1S/C15H15FN2O5S2/c16-9-1-3-10(4-2-9)18-11-7-25(22,23)8-12(11)24-15(18)17-13(19)5-6-14(20)21/h1-4,11-12H,5-8H2,(H,20,21)/p-1/t11-,12-/m0/s1. The number of anilines is 1. The van der Waals surface area contributed by atoms with Crippen LogP contribution in [0.1, 0.15) is 12.8 Å². The lowest BCUT2D eigenvalue weighted by Crippen LogP contribution is -2.37. The Morgan fingerprint density at radius 3 is 2.56 bits per heavy atom. The molecule has 2 heterocycles. The molecule has 2 fully saturated rings. The second-order valence-corrected chi connectivity index (χ2v) is 9.17. The van der Waals surface area contributed by atoms with Gasteiger partial charge in [-0.1, -0.05) is 11.8 Å². The van der Waals surface area contributed by atoms with Gasteiger partial charge in [0.25, 0.3) is 0 Å². The summed E-state index contributed by atoms with van der Waals surface area (Å²) in [5.41, 5.74) is 0.532. The van der Waals surface area contributed by atoms with Crippen LogP contribution in [0.2, 0.25) is 0 Å². The summed E-state index contributed by atoms with van der Waals surface area (Å²) in [6.07, 6.45) is -0.727. The molecule has 134 valence electrons. The number of nitrogens with zero attached hydrogens (tertiary/aromatic N) is 2. The lowest BCUT2D eigenvalue weighted by Gasteiger charge is -2.24. The summed E-state index contributed by atoms with van der Waals surface area (Å²) in [5.74, 6) is -2.50. The SMILES string of the molecule is O=C([O-])CCC(=O)N=C1S[C@H]2CS(=O)(=O)C[C@@H]2N1c1ccc(F)cc1. The molecule has 7 nitrogen and oxygen atoms in total. The highest BCUT2D eigenvalue weighted by atomic mass is 32.2. The van der Waals surface area contributed by atoms with Crippen LogP contribution >= 0.6 is 11.8 Å². The predicted molar refractivity (Wildman–Crippen MR) is 89.4 cm³/mol. The van der Waals surface area contributed by atoms with E-state index in [1.165, 1.54) is 36.0 Å². The molecular weight excluding hydrogens is 371 g/mol. The Kier molecular flexibility index (Phi) is 4.83. The molecule has 0 radical (unpaired) electrons. The largest absolute Gasteiger partial charge is 0.550 e. The second-order valence-electron chi connectivity index (χ2n) is 5.81. The molecule has 2 aliphatic heterocycles. The fraction of sp³-hybridized carbons (Fsp3) is 0.400. The van der Waals surface area contributed by atoms with E-state index >= 15 is 0 Å². The molecule has 0 bridgehead atoms. The maximum atomic E-state index is 13.2. The number of hydrogen-bond donors (Lipinski definition) is 0. The van der Waals surface area contributed by atoms with E-state index in [9.17, 15) is 27.5 Å². The van der Waals surface area contributed by atoms with Gasteiger partial charge in [0.15, 0.2) is 15.0 Å². The van der Waals surface area contributed by atoms with Crippen molar-refractivity contribution in [2.75, 3.05) is 16.4 Å². The van der Waals surface area contributed by atoms with Crippen molar-refractivity contribution in [2.24, 2.45) is 4.99 Å². The molecule has 10 heteroatoms. The third-order valence-electron chi connectivity index (χ3n) is 3.93. The number of carbonyl (C=O) groups is 2. The van der Waals surface area contributed by atoms with Crippen molar-refractivity contribution in [1.29, 1.82) is 0 Å². The number of amidine groups is 1. The predicted octanol–water partition coefficient (Wildman–Crippen LogP) is -0.0428. The number of rotatable bonds is 4. The number of benzene rings is 1. The van der Waals surface area contributed by atoms with Crippen LogP contribution in [0.5, 0.6) is 0 Å². The van der Waals surface area contributed by atoms with E-state index in [0.717, 1.165) is 0 Å². The first-order valence-electron chi connectivity index (χ1n) is 7.48. The van der Waals surface area contributed by atoms with Gasteiger partial charge >= 0.3 is 0 Å². The van der Waals surface area contributed by atoms with Crippen LogP contribution in [-0.4, -0.2) is 48.3 Å². The Bertz CT molecular complexity index is 838. The molecule has 2 aliphatic rings. The van der Waals surface area contributed by atoms with Gasteiger partial charge in [-0.15, -0.1) is 0 Å². The summed E-state index contributed by atoms with van der Waals surface area (Å²) in [4.78, 5) is 27.9. The zero-order chi connectivity index (χ0) is 18.2. The first kappa shape index (κ1) is 17.9. The van der Waals surface area contributed by atoms with Gasteiger partial charge in [0.1, 0.15) is 5.82 Å². The summed E-state index contributed by atoms with van der Waals surface area (Å²) in [6.45, 7) is 0. The van der Waals surface area contributed by atoms with Gasteiger partial charge in [-0.2, -0.15) is 4.99 Å². The van der Waals surface area contributed by atoms with Gasteiger partial charge in [0.05, 0.1) is 17.5 Å². The number of carboxylic acid groups (broad SMARTS) is 1. The number of amides is 1. The highest BCUT2D eigenvalue weighted by Crippen LogP contribution is 2.40. The molecule has 2 atom stereocenters. The molecular formula is C15H14FN2O5S2-. The minimum Gasteiger partial charge on any atom is -0.550 e. The first-order valence-corrected chi connectivity index (χ1v) is 10.2. The topological polar surface area (TPSA) is 107 Å². The van der Waals surface area contributed by atoms with E-state index in [2.05, 4.69) is 4.99 Å². The van der Waals surface area contributed by atoms with Crippen LogP contribution in [0.3, 0.4) is 0 Å². The first-order chi connectivity index (χ1) is 11.7. The fourth-order valence-corrected chi connectivity index (χ4v) is 6.77. The normalized spacial score (nSPS) is 26.0. The number of hydrogen-bond acceptors (Lipinski definition) is 6. The highest BCUT2D eigenvalue weighted by molar-refractivity contribution is 8.16. The van der Waals surface area contributed by atoms with Crippen LogP contribution in [0.25, 0.3) is 0 Å². The fourth-order valence-electron chi connectivity index (χ4n) is 2.84. The van der Waals surface area contributed by atoms with Gasteiger partial charge in [-0.3, -0.25) is 4.79 Å². The van der Waals surface area contributed by atoms with Crippen LogP contribution in [-0.2, 0) is 19.4 Å². The number of sulfone groups is 1. The van der Waals surface area contributed by atoms with E-state index in [0.29, 0.717) is 10.9 Å². The summed E-state index contributed by atoms with van der Waals surface area (Å²) in [7, 11) is -3.19. The Morgan fingerprint density at radius 1 is 1.24 bits per heavy atom. The van der Waals surface area contributed by atoms with Crippen molar-refractivity contribution in [3.8, 4) is 0 Å². The summed E-state index contributed by atoms with van der Waals surface area (Å²) >= 11 is 1.17. The Labute approximate surface area is 147 Å². The Morgan fingerprint density at radius 2 is 1.92 bits per heavy atom. The Balaban J connectivity index is 1.90. The average Bonchev–Trinajstić information content (AvgIpc) is 2.97. The maximum absolute atomic E-state index is 13.2. The van der Waals surface area contributed by atoms with E-state index in [1.807, 2.05) is 0 Å². The van der Waals surface area contributed by atoms with E-state index in [-0.39, 0.29) is 23.2 Å². The molecule has 2 saturated heterocycles. The van der Waals surface area contributed by atoms with Crippen molar-refractivity contribution >= 4 is 44.3 Å². The average molecular weight is 385 g/mol. The number of aliphatic carboxylic acids is 1. The number of halogens is 1. The maximum Gasteiger partial charge on any atom is 0.248 e. The van der Waals surface area contributed by atoms with Gasteiger partial charge < -0.3 is 14.8 Å². The summed E-state index contributed by atoms with van der Waals surface area (Å²) in [6, 6.07) is 5.07. The van der Waals surface area contributed by atoms with E-state index < -0.39 is 40.0 Å². The lowest BCUT2D eigenvalue weighted by molar-refractivity contribution is -0.305. The third kappa shape index (κ3) is 4.01. The van der Waals surface area contributed by atoms with Crippen LogP contribution in [0, 0.1) is 5.82 Å². The molecule has 25 heavy (non-hydrogen) atoms. The number of fused-ring (bicyclic) bond motifs is 1. The number of thioether (sulfide) groups is 1. The molecule has 0 unspecified atom stereocenters. The van der Waals surface area contributed by atoms with Crippen molar-refractivity contribution in [1.82, 2.24) is 0 Å². The molecule has 3 rings (SSSR count). The van der Waals surface area contributed by atoms with Crippen molar-refractivity contribution in [2.45, 2.75) is 24.1 Å². The molecule has 1 amide bonds. The number of aliphatic imine (C=N–C) groups is 1. The van der Waals surface area contributed by atoms with Crippen LogP contribution < -0.4 is 10.0 Å². The minimum absolute atomic E-state index is 0.0215. The highest BCUT2D eigenvalue weighted by Gasteiger charge is 2.49.